The van der Waals surface area contributed by atoms with Crippen LogP contribution in [0, 0.1) is 6.92 Å². The summed E-state index contributed by atoms with van der Waals surface area (Å²) in [4.78, 5) is 12.7. The maximum atomic E-state index is 12.7. The molecule has 0 atom stereocenters. The van der Waals surface area contributed by atoms with Crippen molar-refractivity contribution in [3.63, 3.8) is 0 Å². The average Bonchev–Trinajstić information content (AvgIpc) is 3.42. The Kier molecular flexibility index (Phi) is 4.80. The Balaban J connectivity index is 1.45. The van der Waals surface area contributed by atoms with E-state index in [-0.39, 0.29) is 12.5 Å². The number of carbonyl (C=O) groups is 1. The Morgan fingerprint density at radius 2 is 1.61 bits per heavy atom. The smallest absolute Gasteiger partial charge is 0.250 e. The fraction of sp³-hybridized carbons (Fsp3) is 0.0800. The summed E-state index contributed by atoms with van der Waals surface area (Å²) in [5.74, 6) is 0.781. The molecule has 6 nitrogen and oxygen atoms in total. The fourth-order valence-corrected chi connectivity index (χ4v) is 3.57. The van der Waals surface area contributed by atoms with Crippen molar-refractivity contribution in [2.45, 2.75) is 13.5 Å². The number of nitrogens with zero attached hydrogens (tertiary/aromatic N) is 3. The number of hydrogen-bond acceptors (Lipinski definition) is 4. The Morgan fingerprint density at radius 3 is 2.42 bits per heavy atom. The number of hydrogen-bond donors (Lipinski definition) is 1. The van der Waals surface area contributed by atoms with E-state index in [0.29, 0.717) is 11.8 Å². The molecule has 152 valence electrons. The molecule has 0 saturated heterocycles. The highest BCUT2D eigenvalue weighted by Crippen LogP contribution is 2.31. The van der Waals surface area contributed by atoms with Crippen LogP contribution in [0.4, 0.5) is 5.69 Å². The lowest BCUT2D eigenvalue weighted by molar-refractivity contribution is -0.116. The molecule has 3 aromatic carbocycles. The maximum Gasteiger partial charge on any atom is 0.250 e. The summed E-state index contributed by atoms with van der Waals surface area (Å²) < 4.78 is 7.86. The zero-order chi connectivity index (χ0) is 21.2. The van der Waals surface area contributed by atoms with E-state index in [2.05, 4.69) is 15.5 Å². The van der Waals surface area contributed by atoms with Gasteiger partial charge in [-0.25, -0.2) is 0 Å². The minimum absolute atomic E-state index is 0.105. The lowest BCUT2D eigenvalue weighted by Gasteiger charge is -2.07. The second kappa shape index (κ2) is 7.91. The highest BCUT2D eigenvalue weighted by atomic mass is 16.4. The van der Waals surface area contributed by atoms with Crippen LogP contribution in [0.5, 0.6) is 0 Å². The molecule has 5 rings (SSSR count). The number of para-hydroxylation sites is 1. The number of amides is 1. The summed E-state index contributed by atoms with van der Waals surface area (Å²) in [7, 11) is 0. The Morgan fingerprint density at radius 1 is 0.903 bits per heavy atom. The van der Waals surface area contributed by atoms with Gasteiger partial charge in [0.05, 0.1) is 5.56 Å². The molecule has 0 unspecified atom stereocenters. The van der Waals surface area contributed by atoms with Crippen LogP contribution >= 0.6 is 0 Å². The number of anilines is 1. The molecule has 2 aromatic heterocycles. The van der Waals surface area contributed by atoms with Crippen LogP contribution in [0.1, 0.15) is 5.56 Å². The SMILES string of the molecule is Cc1ccc(NC(=O)Cn2cc(-c3nnc(-c4ccccc4)o3)c3ccccc32)cc1. The maximum absolute atomic E-state index is 12.7. The molecule has 1 amide bonds. The number of carbonyl (C=O) groups excluding carboxylic acids is 1. The van der Waals surface area contributed by atoms with Crippen molar-refractivity contribution in [2.24, 2.45) is 0 Å². The van der Waals surface area contributed by atoms with Gasteiger partial charge in [0, 0.05) is 28.4 Å². The van der Waals surface area contributed by atoms with Gasteiger partial charge in [0.1, 0.15) is 6.54 Å². The number of rotatable bonds is 5. The topological polar surface area (TPSA) is 73.0 Å². The van der Waals surface area contributed by atoms with E-state index in [4.69, 9.17) is 4.42 Å². The lowest BCUT2D eigenvalue weighted by Crippen LogP contribution is -2.18. The van der Waals surface area contributed by atoms with Crippen LogP contribution in [0.25, 0.3) is 33.8 Å². The first-order valence-electron chi connectivity index (χ1n) is 10.0. The third-order valence-electron chi connectivity index (χ3n) is 5.11. The van der Waals surface area contributed by atoms with Gasteiger partial charge >= 0.3 is 0 Å². The van der Waals surface area contributed by atoms with E-state index < -0.39 is 0 Å². The molecule has 0 aliphatic carbocycles. The predicted molar refractivity (Wildman–Crippen MR) is 120 cm³/mol. The van der Waals surface area contributed by atoms with Crippen molar-refractivity contribution >= 4 is 22.5 Å². The fourth-order valence-electron chi connectivity index (χ4n) is 3.57. The summed E-state index contributed by atoms with van der Waals surface area (Å²) >= 11 is 0. The molecule has 0 bridgehead atoms. The van der Waals surface area contributed by atoms with E-state index in [9.17, 15) is 4.79 Å². The third-order valence-corrected chi connectivity index (χ3v) is 5.11. The van der Waals surface area contributed by atoms with Crippen molar-refractivity contribution in [3.05, 3.63) is 90.6 Å². The van der Waals surface area contributed by atoms with Gasteiger partial charge in [0.15, 0.2) is 0 Å². The van der Waals surface area contributed by atoms with Crippen molar-refractivity contribution in [1.82, 2.24) is 14.8 Å². The Bertz CT molecular complexity index is 1350. The van der Waals surface area contributed by atoms with Crippen molar-refractivity contribution in [2.75, 3.05) is 5.32 Å². The van der Waals surface area contributed by atoms with Crippen LogP contribution in [-0.2, 0) is 11.3 Å². The number of benzene rings is 3. The third kappa shape index (κ3) is 3.83. The summed E-state index contributed by atoms with van der Waals surface area (Å²) in [6.45, 7) is 2.19. The van der Waals surface area contributed by atoms with Gasteiger partial charge in [0.2, 0.25) is 17.7 Å². The van der Waals surface area contributed by atoms with E-state index in [1.54, 1.807) is 0 Å². The van der Waals surface area contributed by atoms with Crippen LogP contribution in [0.2, 0.25) is 0 Å². The molecule has 0 radical (unpaired) electrons. The van der Waals surface area contributed by atoms with Gasteiger partial charge in [0.25, 0.3) is 0 Å². The largest absolute Gasteiger partial charge is 0.416 e. The highest BCUT2D eigenvalue weighted by Gasteiger charge is 2.17. The number of aryl methyl sites for hydroxylation is 1. The van der Waals surface area contributed by atoms with Crippen molar-refractivity contribution in [3.8, 4) is 22.9 Å². The minimum atomic E-state index is -0.105. The second-order valence-electron chi connectivity index (χ2n) is 7.38. The molecule has 0 saturated carbocycles. The normalized spacial score (nSPS) is 11.0. The van der Waals surface area contributed by atoms with E-state index >= 15 is 0 Å². The molecular formula is C25H20N4O2. The molecule has 0 spiro atoms. The molecule has 31 heavy (non-hydrogen) atoms. The molecule has 0 aliphatic heterocycles. The van der Waals surface area contributed by atoms with Crippen LogP contribution in [-0.4, -0.2) is 20.7 Å². The first-order valence-corrected chi connectivity index (χ1v) is 10.0. The molecule has 0 fully saturated rings. The van der Waals surface area contributed by atoms with E-state index in [0.717, 1.165) is 33.3 Å². The lowest BCUT2D eigenvalue weighted by atomic mass is 10.2. The average molecular weight is 408 g/mol. The van der Waals surface area contributed by atoms with E-state index in [1.807, 2.05) is 96.6 Å². The van der Waals surface area contributed by atoms with Crippen LogP contribution < -0.4 is 5.32 Å². The summed E-state index contributed by atoms with van der Waals surface area (Å²) in [5.41, 5.74) is 4.51. The molecule has 5 aromatic rings. The first kappa shape index (κ1) is 18.8. The molecular weight excluding hydrogens is 388 g/mol. The van der Waals surface area contributed by atoms with Crippen LogP contribution in [0.15, 0.2) is 89.5 Å². The molecule has 1 N–H and O–H groups in total. The van der Waals surface area contributed by atoms with Gasteiger partial charge in [-0.3, -0.25) is 4.79 Å². The predicted octanol–water partition coefficient (Wildman–Crippen LogP) is 5.31. The first-order chi connectivity index (χ1) is 15.2. The second-order valence-corrected chi connectivity index (χ2v) is 7.38. The van der Waals surface area contributed by atoms with Crippen LogP contribution in [0.3, 0.4) is 0 Å². The van der Waals surface area contributed by atoms with Gasteiger partial charge in [-0.05, 0) is 37.3 Å². The summed E-state index contributed by atoms with van der Waals surface area (Å²) in [5, 5.41) is 12.3. The minimum Gasteiger partial charge on any atom is -0.416 e. The summed E-state index contributed by atoms with van der Waals surface area (Å²) in [6, 6.07) is 25.3. The van der Waals surface area contributed by atoms with Gasteiger partial charge in [-0.1, -0.05) is 54.1 Å². The quantitative estimate of drug-likeness (QED) is 0.428. The van der Waals surface area contributed by atoms with Gasteiger partial charge < -0.3 is 14.3 Å². The van der Waals surface area contributed by atoms with Crippen molar-refractivity contribution < 1.29 is 9.21 Å². The Labute approximate surface area is 179 Å². The highest BCUT2D eigenvalue weighted by molar-refractivity contribution is 5.96. The number of fused-ring (bicyclic) bond motifs is 1. The zero-order valence-corrected chi connectivity index (χ0v) is 16.9. The zero-order valence-electron chi connectivity index (χ0n) is 16.9. The standard InChI is InChI=1S/C25H20N4O2/c1-17-11-13-19(14-12-17)26-23(30)16-29-15-21(20-9-5-6-10-22(20)29)25-28-27-24(31-25)18-7-3-2-4-8-18/h2-15H,16H2,1H3,(H,26,30). The van der Waals surface area contributed by atoms with Crippen molar-refractivity contribution in [1.29, 1.82) is 0 Å². The molecule has 2 heterocycles. The van der Waals surface area contributed by atoms with E-state index in [1.165, 1.54) is 0 Å². The molecule has 0 aliphatic rings. The number of nitrogens with one attached hydrogen (secondary N) is 1. The number of aromatic nitrogens is 3. The van der Waals surface area contributed by atoms with Gasteiger partial charge in [-0.2, -0.15) is 0 Å². The monoisotopic (exact) mass is 408 g/mol. The molecule has 6 heteroatoms. The Hall–Kier alpha value is -4.19. The van der Waals surface area contributed by atoms with Gasteiger partial charge in [-0.15, -0.1) is 10.2 Å². The summed E-state index contributed by atoms with van der Waals surface area (Å²) in [6.07, 6.45) is 1.89.